The molecule has 20 heavy (non-hydrogen) atoms. The molecule has 8 nitrogen and oxygen atoms in total. The van der Waals surface area contributed by atoms with E-state index in [9.17, 15) is 13.2 Å². The van der Waals surface area contributed by atoms with Crippen molar-refractivity contribution >= 4 is 27.7 Å². The highest BCUT2D eigenvalue weighted by atomic mass is 32.2. The maximum absolute atomic E-state index is 12.4. The molecule has 10 heteroatoms. The number of tetrazole rings is 1. The van der Waals surface area contributed by atoms with Gasteiger partial charge in [0.15, 0.2) is 0 Å². The molecule has 1 N–H and O–H groups in total. The Kier molecular flexibility index (Phi) is 2.98. The second-order valence-electron chi connectivity index (χ2n) is 4.01. The Morgan fingerprint density at radius 2 is 2.10 bits per heavy atom. The van der Waals surface area contributed by atoms with Crippen LogP contribution in [0.2, 0.25) is 0 Å². The van der Waals surface area contributed by atoms with Gasteiger partial charge in [-0.1, -0.05) is 23.9 Å². The van der Waals surface area contributed by atoms with Gasteiger partial charge in [-0.05, 0) is 24.3 Å². The molecule has 1 aliphatic heterocycles. The summed E-state index contributed by atoms with van der Waals surface area (Å²) in [6.07, 6.45) is 0. The third-order valence-corrected chi connectivity index (χ3v) is 5.77. The largest absolute Gasteiger partial charge is 0.270 e. The van der Waals surface area contributed by atoms with Crippen LogP contribution in [-0.4, -0.2) is 44.6 Å². The van der Waals surface area contributed by atoms with Crippen molar-refractivity contribution in [1.29, 1.82) is 0 Å². The average molecular weight is 311 g/mol. The number of thioether (sulfide) groups is 1. The van der Waals surface area contributed by atoms with Gasteiger partial charge in [0.25, 0.3) is 15.9 Å². The summed E-state index contributed by atoms with van der Waals surface area (Å²) in [6.45, 7) is 1.60. The van der Waals surface area contributed by atoms with Crippen molar-refractivity contribution in [2.45, 2.75) is 22.3 Å². The van der Waals surface area contributed by atoms with Crippen LogP contribution >= 0.6 is 11.8 Å². The van der Waals surface area contributed by atoms with Crippen molar-refractivity contribution in [3.8, 4) is 0 Å². The molecule has 1 aromatic heterocycles. The van der Waals surface area contributed by atoms with Gasteiger partial charge >= 0.3 is 0 Å². The van der Waals surface area contributed by atoms with E-state index in [-0.39, 0.29) is 15.6 Å². The molecule has 0 bridgehead atoms. The lowest BCUT2D eigenvalue weighted by atomic mass is 10.2. The number of aromatic nitrogens is 4. The van der Waals surface area contributed by atoms with Crippen LogP contribution in [0.1, 0.15) is 17.3 Å². The van der Waals surface area contributed by atoms with Gasteiger partial charge in [-0.3, -0.25) is 4.79 Å². The van der Waals surface area contributed by atoms with Gasteiger partial charge in [-0.15, -0.1) is 10.2 Å². The lowest BCUT2D eigenvalue weighted by Gasteiger charge is -2.20. The van der Waals surface area contributed by atoms with Crippen LogP contribution in [0.25, 0.3) is 0 Å². The molecular weight excluding hydrogens is 302 g/mol. The number of rotatable bonds is 3. The minimum atomic E-state index is -3.82. The predicted octanol–water partition coefficient (Wildman–Crippen LogP) is 0.482. The van der Waals surface area contributed by atoms with E-state index in [1.165, 1.54) is 12.1 Å². The number of nitrogens with zero attached hydrogens (tertiary/aromatic N) is 4. The molecule has 0 aliphatic carbocycles. The maximum atomic E-state index is 12.4. The maximum Gasteiger partial charge on any atom is 0.270 e. The van der Waals surface area contributed by atoms with Crippen LogP contribution < -0.4 is 0 Å². The number of benzene rings is 1. The fraction of sp³-hybridized carbons (Fsp3) is 0.200. The molecule has 2 aromatic rings. The van der Waals surface area contributed by atoms with Crippen LogP contribution in [-0.2, 0) is 10.0 Å². The number of carbonyl (C=O) groups is 1. The number of sulfonamides is 1. The van der Waals surface area contributed by atoms with Crippen LogP contribution in [0, 0.1) is 0 Å². The number of fused-ring (bicyclic) bond motifs is 1. The first-order valence-corrected chi connectivity index (χ1v) is 7.91. The molecule has 104 valence electrons. The molecule has 0 spiro atoms. The van der Waals surface area contributed by atoms with E-state index >= 15 is 0 Å². The molecule has 1 unspecified atom stereocenters. The number of hydrogen-bond donors (Lipinski definition) is 1. The van der Waals surface area contributed by atoms with Gasteiger partial charge < -0.3 is 0 Å². The van der Waals surface area contributed by atoms with E-state index in [0.717, 1.165) is 16.1 Å². The van der Waals surface area contributed by atoms with Crippen molar-refractivity contribution in [1.82, 2.24) is 24.9 Å². The summed E-state index contributed by atoms with van der Waals surface area (Å²) in [7, 11) is -3.82. The van der Waals surface area contributed by atoms with Crippen LogP contribution in [0.15, 0.2) is 34.3 Å². The lowest BCUT2D eigenvalue weighted by Crippen LogP contribution is -2.36. The highest BCUT2D eigenvalue weighted by Gasteiger charge is 2.44. The highest BCUT2D eigenvalue weighted by Crippen LogP contribution is 2.35. The van der Waals surface area contributed by atoms with Crippen molar-refractivity contribution in [2.24, 2.45) is 0 Å². The monoisotopic (exact) mass is 311 g/mol. The summed E-state index contributed by atoms with van der Waals surface area (Å²) in [5, 5.41) is 12.7. The summed E-state index contributed by atoms with van der Waals surface area (Å²) < 4.78 is 25.6. The molecule has 2 heterocycles. The van der Waals surface area contributed by atoms with Gasteiger partial charge in [0, 0.05) is 0 Å². The number of H-pyrrole nitrogens is 1. The number of amides is 1. The summed E-state index contributed by atoms with van der Waals surface area (Å²) in [5.41, 5.74) is 0.188. The summed E-state index contributed by atoms with van der Waals surface area (Å²) >= 11 is 1.03. The predicted molar refractivity (Wildman–Crippen MR) is 69.3 cm³/mol. The van der Waals surface area contributed by atoms with Crippen molar-refractivity contribution in [2.75, 3.05) is 0 Å². The minimum Gasteiger partial charge on any atom is -0.268 e. The Hall–Kier alpha value is -1.94. The van der Waals surface area contributed by atoms with Gasteiger partial charge in [0.2, 0.25) is 5.16 Å². The Morgan fingerprint density at radius 3 is 2.75 bits per heavy atom. The Balaban J connectivity index is 1.98. The van der Waals surface area contributed by atoms with Crippen LogP contribution in [0.5, 0.6) is 0 Å². The first-order valence-electron chi connectivity index (χ1n) is 5.59. The van der Waals surface area contributed by atoms with Crippen molar-refractivity contribution in [3.63, 3.8) is 0 Å². The van der Waals surface area contributed by atoms with Gasteiger partial charge in [0.05, 0.1) is 10.9 Å². The second kappa shape index (κ2) is 4.56. The molecule has 3 rings (SSSR count). The third kappa shape index (κ3) is 1.88. The van der Waals surface area contributed by atoms with Gasteiger partial charge in [-0.25, -0.2) is 12.7 Å². The van der Waals surface area contributed by atoms with E-state index in [1.807, 2.05) is 0 Å². The van der Waals surface area contributed by atoms with Crippen molar-refractivity contribution < 1.29 is 13.2 Å². The molecule has 0 saturated heterocycles. The Labute approximate surface area is 118 Å². The number of hydrogen-bond acceptors (Lipinski definition) is 7. The fourth-order valence-corrected chi connectivity index (χ4v) is 4.72. The molecule has 0 saturated carbocycles. The molecule has 1 aliphatic rings. The Morgan fingerprint density at radius 1 is 1.35 bits per heavy atom. The SMILES string of the molecule is CC(Sc1nn[nH]n1)N1C(=O)c2ccccc2S1(=O)=O. The molecular formula is C10H9N5O3S2. The number of aromatic amines is 1. The first kappa shape index (κ1) is 13.1. The average Bonchev–Trinajstić information content (AvgIpc) is 2.97. The standard InChI is InChI=1S/C10H9N5O3S2/c1-6(19-10-11-13-14-12-10)15-9(16)7-4-2-3-5-8(7)20(15,17)18/h2-6H,1H3,(H,11,12,13,14). The van der Waals surface area contributed by atoms with E-state index in [2.05, 4.69) is 20.6 Å². The smallest absolute Gasteiger partial charge is 0.268 e. The topological polar surface area (TPSA) is 109 Å². The summed E-state index contributed by atoms with van der Waals surface area (Å²) in [4.78, 5) is 12.3. The van der Waals surface area contributed by atoms with E-state index in [4.69, 9.17) is 0 Å². The van der Waals surface area contributed by atoms with Crippen LogP contribution in [0.3, 0.4) is 0 Å². The molecule has 1 aromatic carbocycles. The van der Waals surface area contributed by atoms with Gasteiger partial charge in [-0.2, -0.15) is 5.21 Å². The van der Waals surface area contributed by atoms with E-state index in [1.54, 1.807) is 19.1 Å². The normalized spacial score (nSPS) is 18.1. The molecule has 1 amide bonds. The second-order valence-corrected chi connectivity index (χ2v) is 7.08. The number of carbonyl (C=O) groups excluding carboxylic acids is 1. The highest BCUT2D eigenvalue weighted by molar-refractivity contribution is 8.00. The quantitative estimate of drug-likeness (QED) is 0.821. The van der Waals surface area contributed by atoms with E-state index in [0.29, 0.717) is 0 Å². The summed E-state index contributed by atoms with van der Waals surface area (Å²) in [5.74, 6) is -0.538. The fourth-order valence-electron chi connectivity index (χ4n) is 1.97. The first-order chi connectivity index (χ1) is 9.51. The Bertz CT molecular complexity index is 759. The molecule has 0 radical (unpaired) electrons. The van der Waals surface area contributed by atoms with Gasteiger partial charge in [0.1, 0.15) is 4.90 Å². The zero-order valence-electron chi connectivity index (χ0n) is 10.2. The third-order valence-electron chi connectivity index (χ3n) is 2.79. The molecule has 0 fully saturated rings. The van der Waals surface area contributed by atoms with E-state index < -0.39 is 21.3 Å². The lowest BCUT2D eigenvalue weighted by molar-refractivity contribution is 0.0867. The number of nitrogens with one attached hydrogen (secondary N) is 1. The zero-order valence-corrected chi connectivity index (χ0v) is 11.8. The molecule has 1 atom stereocenters. The zero-order chi connectivity index (χ0) is 14.3. The minimum absolute atomic E-state index is 0.0329. The summed E-state index contributed by atoms with van der Waals surface area (Å²) in [6, 6.07) is 6.15. The van der Waals surface area contributed by atoms with Crippen LogP contribution in [0.4, 0.5) is 0 Å². The van der Waals surface area contributed by atoms with Crippen molar-refractivity contribution in [3.05, 3.63) is 29.8 Å².